The van der Waals surface area contributed by atoms with Crippen molar-refractivity contribution in [2.45, 2.75) is 53.4 Å². The van der Waals surface area contributed by atoms with E-state index in [0.717, 1.165) is 42.8 Å². The maximum atomic E-state index is 6.27. The van der Waals surface area contributed by atoms with E-state index >= 15 is 0 Å². The fourth-order valence-electron chi connectivity index (χ4n) is 2.58. The molecule has 2 heteroatoms. The van der Waals surface area contributed by atoms with Crippen molar-refractivity contribution in [1.82, 2.24) is 0 Å². The van der Waals surface area contributed by atoms with Crippen molar-refractivity contribution in [3.05, 3.63) is 84.4 Å². The summed E-state index contributed by atoms with van der Waals surface area (Å²) in [6.07, 6.45) is 20.8. The van der Waals surface area contributed by atoms with Gasteiger partial charge in [-0.1, -0.05) is 77.3 Å². The summed E-state index contributed by atoms with van der Waals surface area (Å²) in [5, 5.41) is 0. The predicted molar refractivity (Wildman–Crippen MR) is 122 cm³/mol. The summed E-state index contributed by atoms with van der Waals surface area (Å²) in [6.45, 7) is 17.4. The molecular formula is C26H38O2. The van der Waals surface area contributed by atoms with Gasteiger partial charge < -0.3 is 9.47 Å². The molecule has 2 unspecified atom stereocenters. The largest absolute Gasteiger partial charge is 0.485 e. The Bertz CT molecular complexity index is 643. The monoisotopic (exact) mass is 382 g/mol. The van der Waals surface area contributed by atoms with E-state index in [4.69, 9.17) is 9.47 Å². The molecule has 0 aliphatic heterocycles. The molecule has 1 rings (SSSR count). The summed E-state index contributed by atoms with van der Waals surface area (Å²) in [4.78, 5) is 0. The fourth-order valence-corrected chi connectivity index (χ4v) is 2.58. The lowest BCUT2D eigenvalue weighted by atomic mass is 10.0. The maximum absolute atomic E-state index is 6.27. The molecule has 154 valence electrons. The third-order valence-corrected chi connectivity index (χ3v) is 4.86. The van der Waals surface area contributed by atoms with Gasteiger partial charge in [-0.25, -0.2) is 0 Å². The van der Waals surface area contributed by atoms with Gasteiger partial charge in [0.1, 0.15) is 13.2 Å². The third kappa shape index (κ3) is 9.12. The van der Waals surface area contributed by atoms with Crippen LogP contribution in [0, 0.1) is 11.8 Å². The van der Waals surface area contributed by atoms with Gasteiger partial charge in [0, 0.05) is 0 Å². The minimum Gasteiger partial charge on any atom is -0.485 e. The van der Waals surface area contributed by atoms with Crippen molar-refractivity contribution in [1.29, 1.82) is 0 Å². The Hall–Kier alpha value is -2.22. The van der Waals surface area contributed by atoms with Crippen LogP contribution in [0.3, 0.4) is 0 Å². The molecule has 0 aromatic heterocycles. The standard InChI is InChI=1S/C26H38O2/c1-7-14-23(10-4)19-27-25(17-21(5)8-2)26(18-22(6)9-3)28-20-24-15-12-11-13-16-24/h7,10,12,14-18,21-22H,1,4,8-9,11,13,19-20H2,2-3,5-6H3/b23-14+,25-17+,26-18+. The van der Waals surface area contributed by atoms with Crippen LogP contribution >= 0.6 is 0 Å². The number of hydrogen-bond donors (Lipinski definition) is 0. The van der Waals surface area contributed by atoms with Crippen LogP contribution in [0.2, 0.25) is 0 Å². The summed E-state index contributed by atoms with van der Waals surface area (Å²) >= 11 is 0. The van der Waals surface area contributed by atoms with Crippen molar-refractivity contribution in [2.24, 2.45) is 11.8 Å². The molecule has 0 aromatic carbocycles. The first-order valence-electron chi connectivity index (χ1n) is 10.5. The lowest BCUT2D eigenvalue weighted by Crippen LogP contribution is -2.08. The SMILES string of the molecule is C=C/C=C(\C=C)COC(=C/C(C)CC)/C(=C\C(C)CC)OCC1=CCCC=C1. The average Bonchev–Trinajstić information content (AvgIpc) is 2.73. The van der Waals surface area contributed by atoms with Crippen molar-refractivity contribution >= 4 is 0 Å². The summed E-state index contributed by atoms with van der Waals surface area (Å²) in [6, 6.07) is 0. The van der Waals surface area contributed by atoms with Crippen LogP contribution in [0.15, 0.2) is 84.4 Å². The summed E-state index contributed by atoms with van der Waals surface area (Å²) in [5.74, 6) is 2.46. The molecule has 0 heterocycles. The lowest BCUT2D eigenvalue weighted by Gasteiger charge is -2.19. The first kappa shape index (κ1) is 23.8. The van der Waals surface area contributed by atoms with E-state index in [0.29, 0.717) is 25.0 Å². The molecule has 0 saturated heterocycles. The first-order valence-corrected chi connectivity index (χ1v) is 10.5. The van der Waals surface area contributed by atoms with Crippen molar-refractivity contribution in [3.8, 4) is 0 Å². The predicted octanol–water partition coefficient (Wildman–Crippen LogP) is 7.45. The molecule has 0 aromatic rings. The van der Waals surface area contributed by atoms with Gasteiger partial charge >= 0.3 is 0 Å². The minimum absolute atomic E-state index is 0.406. The number of rotatable bonds is 13. The zero-order valence-electron chi connectivity index (χ0n) is 18.2. The van der Waals surface area contributed by atoms with Crippen LogP contribution < -0.4 is 0 Å². The Morgan fingerprint density at radius 1 is 1.04 bits per heavy atom. The molecule has 2 nitrogen and oxygen atoms in total. The number of hydrogen-bond acceptors (Lipinski definition) is 2. The second-order valence-electron chi connectivity index (χ2n) is 7.35. The normalized spacial score (nSPS) is 17.6. The quantitative estimate of drug-likeness (QED) is 0.243. The Kier molecular flexibility index (Phi) is 11.8. The van der Waals surface area contributed by atoms with E-state index in [1.807, 2.05) is 6.08 Å². The van der Waals surface area contributed by atoms with Crippen molar-refractivity contribution in [2.75, 3.05) is 13.2 Å². The molecule has 1 aliphatic carbocycles. The van der Waals surface area contributed by atoms with Crippen molar-refractivity contribution < 1.29 is 9.47 Å². The van der Waals surface area contributed by atoms with Gasteiger partial charge in [-0.2, -0.15) is 0 Å². The van der Waals surface area contributed by atoms with Gasteiger partial charge in [0.05, 0.1) is 0 Å². The Morgan fingerprint density at radius 2 is 1.68 bits per heavy atom. The van der Waals surface area contributed by atoms with E-state index in [1.54, 1.807) is 12.2 Å². The van der Waals surface area contributed by atoms with E-state index < -0.39 is 0 Å². The van der Waals surface area contributed by atoms with Crippen LogP contribution in [-0.4, -0.2) is 13.2 Å². The number of ether oxygens (including phenoxy) is 2. The molecule has 0 amide bonds. The van der Waals surface area contributed by atoms with Crippen LogP contribution in [0.5, 0.6) is 0 Å². The topological polar surface area (TPSA) is 18.5 Å². The van der Waals surface area contributed by atoms with E-state index in [2.05, 4.69) is 71.2 Å². The molecule has 0 saturated carbocycles. The molecule has 0 spiro atoms. The maximum Gasteiger partial charge on any atom is 0.157 e. The van der Waals surface area contributed by atoms with Crippen LogP contribution in [0.1, 0.15) is 53.4 Å². The highest BCUT2D eigenvalue weighted by Crippen LogP contribution is 2.23. The van der Waals surface area contributed by atoms with Crippen molar-refractivity contribution in [3.63, 3.8) is 0 Å². The zero-order chi connectivity index (χ0) is 20.8. The highest BCUT2D eigenvalue weighted by Gasteiger charge is 2.14. The van der Waals surface area contributed by atoms with E-state index in [1.165, 1.54) is 5.57 Å². The van der Waals surface area contributed by atoms with E-state index in [9.17, 15) is 0 Å². The second-order valence-corrected chi connectivity index (χ2v) is 7.35. The summed E-state index contributed by atoms with van der Waals surface area (Å²) < 4.78 is 12.5. The highest BCUT2D eigenvalue weighted by atomic mass is 16.5. The second kappa shape index (κ2) is 13.9. The molecule has 0 N–H and O–H groups in total. The number of allylic oxidation sites excluding steroid dienone is 6. The van der Waals surface area contributed by atoms with Crippen LogP contribution in [0.25, 0.3) is 0 Å². The fraction of sp³-hybridized carbons (Fsp3) is 0.462. The van der Waals surface area contributed by atoms with Crippen LogP contribution in [0.4, 0.5) is 0 Å². The molecule has 0 radical (unpaired) electrons. The Labute approximate surface area is 172 Å². The van der Waals surface area contributed by atoms with Gasteiger partial charge in [-0.05, 0) is 60.8 Å². The summed E-state index contributed by atoms with van der Waals surface area (Å²) in [7, 11) is 0. The van der Waals surface area contributed by atoms with E-state index in [-0.39, 0.29) is 0 Å². The zero-order valence-corrected chi connectivity index (χ0v) is 18.2. The van der Waals surface area contributed by atoms with Crippen LogP contribution in [-0.2, 0) is 9.47 Å². The minimum atomic E-state index is 0.406. The van der Waals surface area contributed by atoms with Gasteiger partial charge in [0.15, 0.2) is 11.5 Å². The summed E-state index contributed by atoms with van der Waals surface area (Å²) in [5.41, 5.74) is 2.22. The highest BCUT2D eigenvalue weighted by molar-refractivity contribution is 5.27. The van der Waals surface area contributed by atoms with Gasteiger partial charge in [0.2, 0.25) is 0 Å². The molecule has 0 fully saturated rings. The Balaban J connectivity index is 3.08. The van der Waals surface area contributed by atoms with Gasteiger partial charge in [0.25, 0.3) is 0 Å². The molecule has 28 heavy (non-hydrogen) atoms. The average molecular weight is 383 g/mol. The molecule has 1 aliphatic rings. The van der Waals surface area contributed by atoms with Gasteiger partial charge in [-0.15, -0.1) is 0 Å². The van der Waals surface area contributed by atoms with Gasteiger partial charge in [-0.3, -0.25) is 0 Å². The molecule has 2 atom stereocenters. The smallest absolute Gasteiger partial charge is 0.157 e. The third-order valence-electron chi connectivity index (χ3n) is 4.86. The first-order chi connectivity index (χ1) is 13.5. The lowest BCUT2D eigenvalue weighted by molar-refractivity contribution is 0.172. The molecule has 0 bridgehead atoms. The Morgan fingerprint density at radius 3 is 2.18 bits per heavy atom. The molecular weight excluding hydrogens is 344 g/mol.